The van der Waals surface area contributed by atoms with Gasteiger partial charge in [-0.2, -0.15) is 0 Å². The van der Waals surface area contributed by atoms with Gasteiger partial charge in [0.25, 0.3) is 0 Å². The van der Waals surface area contributed by atoms with E-state index in [4.69, 9.17) is 4.74 Å². The van der Waals surface area contributed by atoms with E-state index in [0.29, 0.717) is 29.0 Å². The Labute approximate surface area is 138 Å². The Morgan fingerprint density at radius 3 is 2.70 bits per heavy atom. The number of fused-ring (bicyclic) bond motifs is 1. The lowest BCUT2D eigenvalue weighted by molar-refractivity contribution is 0.0699. The van der Waals surface area contributed by atoms with Crippen LogP contribution in [-0.4, -0.2) is 22.7 Å². The van der Waals surface area contributed by atoms with Crippen molar-refractivity contribution < 1.29 is 14.6 Å². The molecule has 1 N–H and O–H groups in total. The van der Waals surface area contributed by atoms with Gasteiger partial charge in [0.05, 0.1) is 28.3 Å². The highest BCUT2D eigenvalue weighted by Crippen LogP contribution is 2.31. The normalized spacial score (nSPS) is 10.9. The average molecular weight is 327 g/mol. The van der Waals surface area contributed by atoms with E-state index in [0.717, 1.165) is 11.3 Å². The predicted octanol–water partition coefficient (Wildman–Crippen LogP) is 4.62. The maximum Gasteiger partial charge on any atom is 0.336 e. The SMILES string of the molecule is CCOc1ccc2nc(-c3ccc(CC)s3)cc(C(=O)O)c2c1. The first-order valence-electron chi connectivity index (χ1n) is 7.52. The highest BCUT2D eigenvalue weighted by Gasteiger charge is 2.15. The molecule has 0 aliphatic carbocycles. The van der Waals surface area contributed by atoms with Crippen LogP contribution in [0.4, 0.5) is 0 Å². The number of nitrogens with zero attached hydrogens (tertiary/aromatic N) is 1. The molecule has 0 atom stereocenters. The summed E-state index contributed by atoms with van der Waals surface area (Å²) in [4.78, 5) is 18.5. The summed E-state index contributed by atoms with van der Waals surface area (Å²) in [5.74, 6) is -0.305. The number of rotatable bonds is 5. The van der Waals surface area contributed by atoms with Crippen LogP contribution in [0.15, 0.2) is 36.4 Å². The van der Waals surface area contributed by atoms with E-state index in [-0.39, 0.29) is 5.56 Å². The van der Waals surface area contributed by atoms with Crippen molar-refractivity contribution in [3.05, 3.63) is 46.8 Å². The number of aromatic carboxylic acids is 1. The second-order valence-corrected chi connectivity index (χ2v) is 6.26. The van der Waals surface area contributed by atoms with Gasteiger partial charge in [0, 0.05) is 10.3 Å². The second-order valence-electron chi connectivity index (χ2n) is 5.09. The molecule has 2 heterocycles. The van der Waals surface area contributed by atoms with Crippen LogP contribution in [0.1, 0.15) is 29.1 Å². The fraction of sp³-hybridized carbons (Fsp3) is 0.222. The molecule has 0 bridgehead atoms. The van der Waals surface area contributed by atoms with Crippen molar-refractivity contribution >= 4 is 28.2 Å². The van der Waals surface area contributed by atoms with Crippen molar-refractivity contribution in [2.24, 2.45) is 0 Å². The van der Waals surface area contributed by atoms with Crippen LogP contribution >= 0.6 is 11.3 Å². The van der Waals surface area contributed by atoms with Crippen molar-refractivity contribution in [2.75, 3.05) is 6.61 Å². The van der Waals surface area contributed by atoms with Gasteiger partial charge in [-0.15, -0.1) is 11.3 Å². The van der Waals surface area contributed by atoms with Crippen LogP contribution in [0.3, 0.4) is 0 Å². The van der Waals surface area contributed by atoms with Gasteiger partial charge in [-0.25, -0.2) is 9.78 Å². The molecular formula is C18H17NO3S. The van der Waals surface area contributed by atoms with E-state index in [2.05, 4.69) is 18.0 Å². The average Bonchev–Trinajstić information content (AvgIpc) is 3.03. The maximum atomic E-state index is 11.7. The lowest BCUT2D eigenvalue weighted by atomic mass is 10.1. The third kappa shape index (κ3) is 3.05. The highest BCUT2D eigenvalue weighted by molar-refractivity contribution is 7.15. The summed E-state index contributed by atoms with van der Waals surface area (Å²) in [6.07, 6.45) is 0.960. The summed E-state index contributed by atoms with van der Waals surface area (Å²) in [6.45, 7) is 4.53. The van der Waals surface area contributed by atoms with Crippen LogP contribution in [-0.2, 0) is 6.42 Å². The third-order valence-corrected chi connectivity index (χ3v) is 4.84. The van der Waals surface area contributed by atoms with Gasteiger partial charge < -0.3 is 9.84 Å². The topological polar surface area (TPSA) is 59.4 Å². The zero-order chi connectivity index (χ0) is 16.4. The smallest absolute Gasteiger partial charge is 0.336 e. The molecule has 0 saturated heterocycles. The molecule has 2 aromatic heterocycles. The van der Waals surface area contributed by atoms with Gasteiger partial charge in [0.15, 0.2) is 0 Å². The van der Waals surface area contributed by atoms with Gasteiger partial charge in [0.1, 0.15) is 5.75 Å². The molecule has 4 nitrogen and oxygen atoms in total. The minimum atomic E-state index is -0.959. The Hall–Kier alpha value is -2.40. The number of carboxylic acids is 1. The number of benzene rings is 1. The molecular weight excluding hydrogens is 310 g/mol. The van der Waals surface area contributed by atoms with Gasteiger partial charge in [-0.05, 0) is 49.7 Å². The van der Waals surface area contributed by atoms with Crippen molar-refractivity contribution in [1.29, 1.82) is 0 Å². The van der Waals surface area contributed by atoms with Crippen LogP contribution in [0.2, 0.25) is 0 Å². The number of aromatic nitrogens is 1. The molecule has 23 heavy (non-hydrogen) atoms. The number of pyridine rings is 1. The van der Waals surface area contributed by atoms with Crippen LogP contribution in [0, 0.1) is 0 Å². The molecule has 3 rings (SSSR count). The molecule has 0 aliphatic heterocycles. The number of hydrogen-bond acceptors (Lipinski definition) is 4. The fourth-order valence-corrected chi connectivity index (χ4v) is 3.38. The standard InChI is InChI=1S/C18H17NO3S/c1-3-12-6-8-17(23-12)16-10-14(18(20)21)13-9-11(22-4-2)5-7-15(13)19-16/h5-10H,3-4H2,1-2H3,(H,20,21). The Bertz CT molecular complexity index is 870. The monoisotopic (exact) mass is 327 g/mol. The number of thiophene rings is 1. The zero-order valence-corrected chi connectivity index (χ0v) is 13.8. The Morgan fingerprint density at radius 1 is 1.22 bits per heavy atom. The lowest BCUT2D eigenvalue weighted by Gasteiger charge is -2.08. The quantitative estimate of drug-likeness (QED) is 0.742. The van der Waals surface area contributed by atoms with Gasteiger partial charge in [-0.3, -0.25) is 0 Å². The molecule has 0 radical (unpaired) electrons. The minimum Gasteiger partial charge on any atom is -0.494 e. The largest absolute Gasteiger partial charge is 0.494 e. The van der Waals surface area contributed by atoms with E-state index in [1.807, 2.05) is 25.1 Å². The van der Waals surface area contributed by atoms with Gasteiger partial charge >= 0.3 is 5.97 Å². The number of hydrogen-bond donors (Lipinski definition) is 1. The summed E-state index contributed by atoms with van der Waals surface area (Å²) in [6, 6.07) is 11.1. The van der Waals surface area contributed by atoms with Crippen molar-refractivity contribution in [2.45, 2.75) is 20.3 Å². The molecule has 118 valence electrons. The van der Waals surface area contributed by atoms with E-state index >= 15 is 0 Å². The minimum absolute atomic E-state index is 0.248. The molecule has 0 fully saturated rings. The summed E-state index contributed by atoms with van der Waals surface area (Å²) >= 11 is 1.65. The second kappa shape index (κ2) is 6.38. The van der Waals surface area contributed by atoms with Gasteiger partial charge in [-0.1, -0.05) is 6.92 Å². The van der Waals surface area contributed by atoms with Crippen LogP contribution < -0.4 is 4.74 Å². The molecule has 5 heteroatoms. The summed E-state index contributed by atoms with van der Waals surface area (Å²) in [5.41, 5.74) is 1.61. The van der Waals surface area contributed by atoms with Crippen molar-refractivity contribution in [3.8, 4) is 16.3 Å². The number of ether oxygens (including phenoxy) is 1. The first-order valence-corrected chi connectivity index (χ1v) is 8.34. The lowest BCUT2D eigenvalue weighted by Crippen LogP contribution is -2.00. The van der Waals surface area contributed by atoms with Crippen LogP contribution in [0.5, 0.6) is 5.75 Å². The Morgan fingerprint density at radius 2 is 2.04 bits per heavy atom. The van der Waals surface area contributed by atoms with Gasteiger partial charge in [0.2, 0.25) is 0 Å². The molecule has 0 saturated carbocycles. The number of carboxylic acid groups (broad SMARTS) is 1. The summed E-state index contributed by atoms with van der Waals surface area (Å²) in [5, 5.41) is 10.2. The third-order valence-electron chi connectivity index (χ3n) is 3.58. The van der Waals surface area contributed by atoms with E-state index in [9.17, 15) is 9.90 Å². The number of carbonyl (C=O) groups is 1. The van der Waals surface area contributed by atoms with E-state index in [1.165, 1.54) is 4.88 Å². The maximum absolute atomic E-state index is 11.7. The fourth-order valence-electron chi connectivity index (χ4n) is 2.47. The molecule has 0 aliphatic rings. The molecule has 0 amide bonds. The van der Waals surface area contributed by atoms with E-state index in [1.54, 1.807) is 23.5 Å². The Kier molecular flexibility index (Phi) is 4.30. The first-order chi connectivity index (χ1) is 11.1. The van der Waals surface area contributed by atoms with Crippen molar-refractivity contribution in [3.63, 3.8) is 0 Å². The first kappa shape index (κ1) is 15.5. The zero-order valence-electron chi connectivity index (χ0n) is 13.0. The summed E-state index contributed by atoms with van der Waals surface area (Å²) < 4.78 is 5.46. The van der Waals surface area contributed by atoms with Crippen molar-refractivity contribution in [1.82, 2.24) is 4.98 Å². The Balaban J connectivity index is 2.18. The molecule has 3 aromatic rings. The van der Waals surface area contributed by atoms with Crippen LogP contribution in [0.25, 0.3) is 21.5 Å². The molecule has 0 unspecified atom stereocenters. The predicted molar refractivity (Wildman–Crippen MR) is 92.6 cm³/mol. The molecule has 0 spiro atoms. The van der Waals surface area contributed by atoms with E-state index < -0.39 is 5.97 Å². The summed E-state index contributed by atoms with van der Waals surface area (Å²) in [7, 11) is 0. The number of aryl methyl sites for hydroxylation is 1. The highest BCUT2D eigenvalue weighted by atomic mass is 32.1. The molecule has 1 aromatic carbocycles.